The van der Waals surface area contributed by atoms with E-state index in [1.165, 1.54) is 13.4 Å². The summed E-state index contributed by atoms with van der Waals surface area (Å²) >= 11 is 2.26. The molecule has 4 aromatic rings. The van der Waals surface area contributed by atoms with Crippen LogP contribution in [-0.4, -0.2) is 42.3 Å². The van der Waals surface area contributed by atoms with E-state index in [2.05, 4.69) is 65.8 Å². The topological polar surface area (TPSA) is 122 Å². The zero-order chi connectivity index (χ0) is 24.3. The third-order valence-corrected chi connectivity index (χ3v) is 7.25. The van der Waals surface area contributed by atoms with Gasteiger partial charge in [-0.3, -0.25) is 9.13 Å². The van der Waals surface area contributed by atoms with Gasteiger partial charge in [-0.05, 0) is 53.8 Å². The highest BCUT2D eigenvalue weighted by Gasteiger charge is 2.08. The third-order valence-electron chi connectivity index (χ3n) is 5.18. The number of nitrogens with two attached hydrogens (primary N) is 1. The number of benzene rings is 1. The maximum absolute atomic E-state index is 11.1. The fourth-order valence-corrected chi connectivity index (χ4v) is 4.88. The SMILES string of the molecule is CCCc1nc(CCCCCC(=O)OC)c2ccccc2n1.Nc1ncnc2c1ncn2PI. The number of carbonyl (C=O) groups excluding carboxylic acids is 1. The summed E-state index contributed by atoms with van der Waals surface area (Å²) < 4.78 is 6.59. The van der Waals surface area contributed by atoms with Gasteiger partial charge in [-0.25, -0.2) is 24.9 Å². The number of hydrogen-bond donors (Lipinski definition) is 1. The molecular formula is C23H29IN7O2P. The van der Waals surface area contributed by atoms with E-state index < -0.39 is 0 Å². The predicted molar refractivity (Wildman–Crippen MR) is 145 cm³/mol. The normalized spacial score (nSPS) is 11.1. The number of esters is 1. The van der Waals surface area contributed by atoms with E-state index in [0.29, 0.717) is 24.1 Å². The van der Waals surface area contributed by atoms with Gasteiger partial charge in [0.25, 0.3) is 0 Å². The van der Waals surface area contributed by atoms with Gasteiger partial charge in [-0.1, -0.05) is 31.5 Å². The van der Waals surface area contributed by atoms with Crippen LogP contribution in [0.4, 0.5) is 5.82 Å². The van der Waals surface area contributed by atoms with Gasteiger partial charge in [0.15, 0.2) is 17.0 Å². The highest BCUT2D eigenvalue weighted by atomic mass is 127. The second kappa shape index (κ2) is 13.4. The number of hydrogen-bond acceptors (Lipinski definition) is 8. The zero-order valence-electron chi connectivity index (χ0n) is 19.4. The largest absolute Gasteiger partial charge is 0.469 e. The Morgan fingerprint density at radius 2 is 1.94 bits per heavy atom. The van der Waals surface area contributed by atoms with Crippen LogP contribution in [0, 0.1) is 0 Å². The summed E-state index contributed by atoms with van der Waals surface area (Å²) in [5.74, 6) is 1.25. The molecule has 0 amide bonds. The number of halogens is 1. The van der Waals surface area contributed by atoms with Crippen LogP contribution >= 0.6 is 28.4 Å². The summed E-state index contributed by atoms with van der Waals surface area (Å²) in [4.78, 5) is 32.5. The van der Waals surface area contributed by atoms with Crippen molar-refractivity contribution < 1.29 is 9.53 Å². The molecule has 0 aliphatic heterocycles. The minimum absolute atomic E-state index is 0.127. The van der Waals surface area contributed by atoms with Crippen molar-refractivity contribution in [1.29, 1.82) is 0 Å². The number of aromatic nitrogens is 6. The lowest BCUT2D eigenvalue weighted by atomic mass is 10.1. The maximum Gasteiger partial charge on any atom is 0.305 e. The van der Waals surface area contributed by atoms with Crippen LogP contribution < -0.4 is 5.73 Å². The number of unbranched alkanes of at least 4 members (excludes halogenated alkanes) is 2. The number of para-hydroxylation sites is 1. The van der Waals surface area contributed by atoms with Crippen LogP contribution in [0.25, 0.3) is 22.1 Å². The Morgan fingerprint density at radius 3 is 2.71 bits per heavy atom. The number of nitrogens with zero attached hydrogens (tertiary/aromatic N) is 6. The van der Waals surface area contributed by atoms with Gasteiger partial charge >= 0.3 is 5.97 Å². The standard InChI is InChI=1S/C18H24N2O2.C5H5IN5P/c1-3-9-17-19-15(11-5-4-6-13-18(21)22-2)14-10-7-8-12-16(14)20-17;6-12-11-2-10-3-4(7)8-1-9-5(3)11/h7-8,10,12H,3-6,9,11,13H2,1-2H3;1-2,12H,(H2,7,8,9). The van der Waals surface area contributed by atoms with Gasteiger partial charge < -0.3 is 10.5 Å². The molecule has 4 rings (SSSR count). The highest BCUT2D eigenvalue weighted by Crippen LogP contribution is 2.28. The second-order valence-corrected chi connectivity index (χ2v) is 9.72. The van der Waals surface area contributed by atoms with Gasteiger partial charge in [0.1, 0.15) is 18.5 Å². The summed E-state index contributed by atoms with van der Waals surface area (Å²) in [6.07, 6.45) is 10.1. The summed E-state index contributed by atoms with van der Waals surface area (Å²) in [6, 6.07) is 8.20. The third kappa shape index (κ3) is 7.02. The van der Waals surface area contributed by atoms with E-state index >= 15 is 0 Å². The number of ether oxygens (including phenoxy) is 1. The average molecular weight is 593 g/mol. The maximum atomic E-state index is 11.1. The van der Waals surface area contributed by atoms with Crippen molar-refractivity contribution in [1.82, 2.24) is 29.3 Å². The average Bonchev–Trinajstić information content (AvgIpc) is 3.29. The predicted octanol–water partition coefficient (Wildman–Crippen LogP) is 5.06. The van der Waals surface area contributed by atoms with Gasteiger partial charge in [0.05, 0.1) is 24.7 Å². The van der Waals surface area contributed by atoms with Crippen molar-refractivity contribution >= 4 is 62.3 Å². The summed E-state index contributed by atoms with van der Waals surface area (Å²) in [6.45, 7) is 2.14. The summed E-state index contributed by atoms with van der Waals surface area (Å²) in [5.41, 5.74) is 9.25. The molecular weight excluding hydrogens is 564 g/mol. The Morgan fingerprint density at radius 1 is 1.12 bits per heavy atom. The molecule has 180 valence electrons. The molecule has 0 radical (unpaired) electrons. The lowest BCUT2D eigenvalue weighted by molar-refractivity contribution is -0.140. The Bertz CT molecular complexity index is 1230. The molecule has 0 fully saturated rings. The van der Waals surface area contributed by atoms with Crippen molar-refractivity contribution in [3.63, 3.8) is 0 Å². The molecule has 34 heavy (non-hydrogen) atoms. The summed E-state index contributed by atoms with van der Waals surface area (Å²) in [5, 5.41) is 1.15. The number of anilines is 1. The van der Waals surface area contributed by atoms with Crippen LogP contribution in [0.2, 0.25) is 0 Å². The van der Waals surface area contributed by atoms with Gasteiger partial charge in [0, 0.05) is 18.2 Å². The van der Waals surface area contributed by atoms with E-state index in [9.17, 15) is 4.79 Å². The van der Waals surface area contributed by atoms with Crippen LogP contribution in [0.15, 0.2) is 36.9 Å². The Labute approximate surface area is 213 Å². The van der Waals surface area contributed by atoms with Crippen molar-refractivity contribution in [3.8, 4) is 0 Å². The van der Waals surface area contributed by atoms with E-state index in [1.54, 1.807) is 6.33 Å². The molecule has 1 aromatic carbocycles. The van der Waals surface area contributed by atoms with Crippen molar-refractivity contribution in [2.45, 2.75) is 51.9 Å². The lowest BCUT2D eigenvalue weighted by Crippen LogP contribution is -2.02. The number of fused-ring (bicyclic) bond motifs is 2. The first-order valence-electron chi connectivity index (χ1n) is 11.2. The van der Waals surface area contributed by atoms with Crippen LogP contribution in [0.5, 0.6) is 0 Å². The molecule has 9 nitrogen and oxygen atoms in total. The fraction of sp³-hybridized carbons (Fsp3) is 0.391. The molecule has 0 bridgehead atoms. The Hall–Kier alpha value is -2.46. The molecule has 3 aromatic heterocycles. The first-order valence-corrected chi connectivity index (χ1v) is 15.2. The highest BCUT2D eigenvalue weighted by molar-refractivity contribution is 14.2. The number of rotatable bonds is 9. The van der Waals surface area contributed by atoms with E-state index in [-0.39, 0.29) is 5.97 Å². The van der Waals surface area contributed by atoms with E-state index in [1.807, 2.05) is 16.5 Å². The molecule has 1 atom stereocenters. The number of nitrogen functional groups attached to an aromatic ring is 1. The van der Waals surface area contributed by atoms with Crippen LogP contribution in [0.1, 0.15) is 50.5 Å². The van der Waals surface area contributed by atoms with Crippen LogP contribution in [-0.2, 0) is 22.4 Å². The molecule has 0 saturated heterocycles. The van der Waals surface area contributed by atoms with Gasteiger partial charge in [-0.2, -0.15) is 0 Å². The molecule has 2 N–H and O–H groups in total. The second-order valence-electron chi connectivity index (χ2n) is 7.62. The number of imidazole rings is 1. The zero-order valence-corrected chi connectivity index (χ0v) is 22.5. The lowest BCUT2D eigenvalue weighted by Gasteiger charge is -2.08. The molecule has 3 heterocycles. The van der Waals surface area contributed by atoms with E-state index in [0.717, 1.165) is 66.6 Å². The van der Waals surface area contributed by atoms with E-state index in [4.69, 9.17) is 10.7 Å². The molecule has 11 heteroatoms. The van der Waals surface area contributed by atoms with Crippen molar-refractivity contribution in [2.75, 3.05) is 12.8 Å². The first-order chi connectivity index (χ1) is 16.6. The molecule has 0 saturated carbocycles. The Kier molecular flexibility index (Phi) is 10.3. The fourth-order valence-electron chi connectivity index (χ4n) is 3.48. The number of methoxy groups -OCH3 is 1. The Balaban J connectivity index is 0.000000226. The minimum Gasteiger partial charge on any atom is -0.469 e. The number of carbonyl (C=O) groups is 1. The quantitative estimate of drug-likeness (QED) is 0.124. The molecule has 0 spiro atoms. The molecule has 0 aliphatic rings. The first kappa shape index (κ1) is 26.2. The van der Waals surface area contributed by atoms with Gasteiger partial charge in [-0.15, -0.1) is 0 Å². The monoisotopic (exact) mass is 593 g/mol. The van der Waals surface area contributed by atoms with Crippen molar-refractivity contribution in [2.24, 2.45) is 0 Å². The van der Waals surface area contributed by atoms with Gasteiger partial charge in [0.2, 0.25) is 0 Å². The van der Waals surface area contributed by atoms with Crippen LogP contribution in [0.3, 0.4) is 0 Å². The minimum atomic E-state index is -0.127. The number of aryl methyl sites for hydroxylation is 2. The summed E-state index contributed by atoms with van der Waals surface area (Å²) in [7, 11) is 1.44. The smallest absolute Gasteiger partial charge is 0.305 e. The van der Waals surface area contributed by atoms with Crippen molar-refractivity contribution in [3.05, 3.63) is 48.4 Å². The molecule has 0 aliphatic carbocycles. The molecule has 1 unspecified atom stereocenters.